The van der Waals surface area contributed by atoms with Gasteiger partial charge in [-0.3, -0.25) is 9.52 Å². The molecule has 0 aliphatic carbocycles. The van der Waals surface area contributed by atoms with E-state index in [9.17, 15) is 13.2 Å². The van der Waals surface area contributed by atoms with Crippen molar-refractivity contribution in [3.05, 3.63) is 54.1 Å². The Morgan fingerprint density at radius 1 is 1.00 bits per heavy atom. The topological polar surface area (TPSA) is 75.3 Å². The van der Waals surface area contributed by atoms with Crippen LogP contribution in [0.3, 0.4) is 0 Å². The summed E-state index contributed by atoms with van der Waals surface area (Å²) in [5, 5.41) is 1.98. The molecule has 0 saturated carbocycles. The summed E-state index contributed by atoms with van der Waals surface area (Å²) in [4.78, 5) is 11.7. The molecule has 1 amide bonds. The third kappa shape index (κ3) is 4.71. The highest BCUT2D eigenvalue weighted by Crippen LogP contribution is 2.19. The molecule has 7 heteroatoms. The number of sulfonamides is 1. The van der Waals surface area contributed by atoms with E-state index in [-0.39, 0.29) is 10.8 Å². The predicted octanol–water partition coefficient (Wildman–Crippen LogP) is 3.36. The van der Waals surface area contributed by atoms with Gasteiger partial charge in [-0.05, 0) is 50.2 Å². The van der Waals surface area contributed by atoms with Gasteiger partial charge < -0.3 is 5.32 Å². The van der Waals surface area contributed by atoms with Gasteiger partial charge in [0, 0.05) is 11.4 Å². The molecule has 0 aliphatic rings. The van der Waals surface area contributed by atoms with E-state index in [1.807, 2.05) is 6.92 Å². The van der Waals surface area contributed by atoms with Crippen molar-refractivity contribution in [2.45, 2.75) is 24.1 Å². The molecule has 0 aromatic heterocycles. The van der Waals surface area contributed by atoms with E-state index < -0.39 is 15.4 Å². The normalized spacial score (nSPS) is 12.5. The molecule has 0 fully saturated rings. The number of rotatable bonds is 5. The summed E-state index contributed by atoms with van der Waals surface area (Å²) in [6.07, 6.45) is 0. The SMILES string of the molecule is Cc1ccc(S(=O)(=O)Nc2ccc(NC(=O)C(C)Cl)cc2)cc1. The number of anilines is 2. The number of hydrogen-bond acceptors (Lipinski definition) is 3. The summed E-state index contributed by atoms with van der Waals surface area (Å²) >= 11 is 5.67. The zero-order valence-electron chi connectivity index (χ0n) is 12.7. The summed E-state index contributed by atoms with van der Waals surface area (Å²) in [5.74, 6) is -0.320. The van der Waals surface area contributed by atoms with Crippen LogP contribution < -0.4 is 10.0 Å². The van der Waals surface area contributed by atoms with Crippen LogP contribution in [0.15, 0.2) is 53.4 Å². The van der Waals surface area contributed by atoms with Crippen LogP contribution in [0.5, 0.6) is 0 Å². The molecule has 0 bridgehead atoms. The third-order valence-corrected chi connectivity index (χ3v) is 4.69. The molecule has 2 rings (SSSR count). The van der Waals surface area contributed by atoms with Crippen LogP contribution in [-0.2, 0) is 14.8 Å². The Labute approximate surface area is 140 Å². The van der Waals surface area contributed by atoms with E-state index in [4.69, 9.17) is 11.6 Å². The van der Waals surface area contributed by atoms with E-state index >= 15 is 0 Å². The summed E-state index contributed by atoms with van der Waals surface area (Å²) in [7, 11) is -3.64. The second-order valence-electron chi connectivity index (χ2n) is 5.10. The van der Waals surface area contributed by atoms with Crippen LogP contribution in [0, 0.1) is 6.92 Å². The Hall–Kier alpha value is -2.05. The first-order valence-electron chi connectivity index (χ1n) is 6.92. The van der Waals surface area contributed by atoms with Gasteiger partial charge in [-0.1, -0.05) is 17.7 Å². The molecule has 0 spiro atoms. The summed E-state index contributed by atoms with van der Waals surface area (Å²) < 4.78 is 27.0. The van der Waals surface area contributed by atoms with Gasteiger partial charge in [-0.2, -0.15) is 0 Å². The van der Waals surface area contributed by atoms with Crippen molar-refractivity contribution in [1.29, 1.82) is 0 Å². The molecule has 2 N–H and O–H groups in total. The predicted molar refractivity (Wildman–Crippen MR) is 92.4 cm³/mol. The van der Waals surface area contributed by atoms with Crippen LogP contribution in [0.4, 0.5) is 11.4 Å². The highest BCUT2D eigenvalue weighted by molar-refractivity contribution is 7.92. The molecule has 0 saturated heterocycles. The van der Waals surface area contributed by atoms with Crippen molar-refractivity contribution in [2.75, 3.05) is 10.0 Å². The Balaban J connectivity index is 2.11. The van der Waals surface area contributed by atoms with Gasteiger partial charge in [-0.25, -0.2) is 8.42 Å². The minimum Gasteiger partial charge on any atom is -0.325 e. The molecule has 122 valence electrons. The number of carbonyl (C=O) groups is 1. The molecule has 0 radical (unpaired) electrons. The lowest BCUT2D eigenvalue weighted by Crippen LogP contribution is -2.20. The Morgan fingerprint density at radius 3 is 2.04 bits per heavy atom. The lowest BCUT2D eigenvalue weighted by Gasteiger charge is -2.10. The number of aryl methyl sites for hydroxylation is 1. The van der Waals surface area contributed by atoms with Crippen molar-refractivity contribution >= 4 is 38.9 Å². The van der Waals surface area contributed by atoms with Crippen molar-refractivity contribution in [3.63, 3.8) is 0 Å². The lowest BCUT2D eigenvalue weighted by molar-refractivity contribution is -0.115. The zero-order valence-corrected chi connectivity index (χ0v) is 14.3. The summed E-state index contributed by atoms with van der Waals surface area (Å²) in [6, 6.07) is 12.9. The van der Waals surface area contributed by atoms with E-state index in [1.165, 1.54) is 0 Å². The fraction of sp³-hybridized carbons (Fsp3) is 0.188. The first kappa shape index (κ1) is 17.3. The van der Waals surface area contributed by atoms with E-state index in [2.05, 4.69) is 10.0 Å². The van der Waals surface area contributed by atoms with Crippen molar-refractivity contribution < 1.29 is 13.2 Å². The van der Waals surface area contributed by atoms with Crippen molar-refractivity contribution in [3.8, 4) is 0 Å². The van der Waals surface area contributed by atoms with Gasteiger partial charge in [0.15, 0.2) is 0 Å². The van der Waals surface area contributed by atoms with E-state index in [0.717, 1.165) is 5.56 Å². The lowest BCUT2D eigenvalue weighted by atomic mass is 10.2. The number of hydrogen-bond donors (Lipinski definition) is 2. The van der Waals surface area contributed by atoms with Gasteiger partial charge in [0.25, 0.3) is 10.0 Å². The molecular weight excluding hydrogens is 336 g/mol. The van der Waals surface area contributed by atoms with Crippen LogP contribution >= 0.6 is 11.6 Å². The molecule has 2 aromatic rings. The minimum atomic E-state index is -3.64. The fourth-order valence-electron chi connectivity index (χ4n) is 1.79. The van der Waals surface area contributed by atoms with Crippen molar-refractivity contribution in [1.82, 2.24) is 0 Å². The summed E-state index contributed by atoms with van der Waals surface area (Å²) in [6.45, 7) is 3.46. The highest BCUT2D eigenvalue weighted by atomic mass is 35.5. The molecule has 23 heavy (non-hydrogen) atoms. The molecule has 1 atom stereocenters. The average molecular weight is 353 g/mol. The number of carbonyl (C=O) groups excluding carboxylic acids is 1. The molecule has 0 heterocycles. The second-order valence-corrected chi connectivity index (χ2v) is 7.44. The zero-order chi connectivity index (χ0) is 17.0. The number of benzene rings is 2. The van der Waals surface area contributed by atoms with E-state index in [1.54, 1.807) is 55.5 Å². The number of amides is 1. The Morgan fingerprint density at radius 2 is 1.52 bits per heavy atom. The smallest absolute Gasteiger partial charge is 0.261 e. The maximum atomic E-state index is 12.3. The highest BCUT2D eigenvalue weighted by Gasteiger charge is 2.14. The third-order valence-electron chi connectivity index (χ3n) is 3.10. The Bertz CT molecular complexity index is 785. The van der Waals surface area contributed by atoms with Crippen molar-refractivity contribution in [2.24, 2.45) is 0 Å². The van der Waals surface area contributed by atoms with Crippen LogP contribution in [0.2, 0.25) is 0 Å². The minimum absolute atomic E-state index is 0.191. The quantitative estimate of drug-likeness (QED) is 0.810. The largest absolute Gasteiger partial charge is 0.325 e. The van der Waals surface area contributed by atoms with Crippen LogP contribution in [-0.4, -0.2) is 19.7 Å². The van der Waals surface area contributed by atoms with Gasteiger partial charge in [0.1, 0.15) is 5.38 Å². The standard InChI is InChI=1S/C16H17ClN2O3S/c1-11-3-9-15(10-4-11)23(21,22)19-14-7-5-13(6-8-14)18-16(20)12(2)17/h3-10,12,19H,1-2H3,(H,18,20). The molecule has 2 aromatic carbocycles. The fourth-order valence-corrected chi connectivity index (χ4v) is 2.91. The van der Waals surface area contributed by atoms with Crippen LogP contribution in [0.25, 0.3) is 0 Å². The summed E-state index contributed by atoms with van der Waals surface area (Å²) in [5.41, 5.74) is 1.93. The maximum Gasteiger partial charge on any atom is 0.261 e. The Kier molecular flexibility index (Phi) is 5.28. The monoisotopic (exact) mass is 352 g/mol. The van der Waals surface area contributed by atoms with Gasteiger partial charge in [0.05, 0.1) is 4.90 Å². The average Bonchev–Trinajstić information content (AvgIpc) is 2.49. The number of alkyl halides is 1. The second kappa shape index (κ2) is 7.02. The maximum absolute atomic E-state index is 12.3. The number of halogens is 1. The van der Waals surface area contributed by atoms with Gasteiger partial charge in [-0.15, -0.1) is 11.6 Å². The molecule has 1 unspecified atom stereocenters. The first-order valence-corrected chi connectivity index (χ1v) is 8.84. The molecule has 5 nitrogen and oxygen atoms in total. The number of nitrogens with one attached hydrogen (secondary N) is 2. The van der Waals surface area contributed by atoms with E-state index in [0.29, 0.717) is 11.4 Å². The molecule has 0 aliphatic heterocycles. The van der Waals surface area contributed by atoms with Gasteiger partial charge >= 0.3 is 0 Å². The van der Waals surface area contributed by atoms with Gasteiger partial charge in [0.2, 0.25) is 5.91 Å². The van der Waals surface area contributed by atoms with Crippen LogP contribution in [0.1, 0.15) is 12.5 Å². The first-order chi connectivity index (χ1) is 10.8. The molecular formula is C16H17ClN2O3S.